The second-order valence-electron chi connectivity index (χ2n) is 4.53. The fourth-order valence-electron chi connectivity index (χ4n) is 1.91. The average Bonchev–Trinajstić information content (AvgIpc) is 2.58. The molecule has 116 valence electrons. The van der Waals surface area contributed by atoms with Gasteiger partial charge < -0.3 is 4.74 Å². The summed E-state index contributed by atoms with van der Waals surface area (Å²) < 4.78 is 18.3. The number of hydrogen-bond donors (Lipinski definition) is 0. The van der Waals surface area contributed by atoms with Gasteiger partial charge in [-0.15, -0.1) is 0 Å². The van der Waals surface area contributed by atoms with Gasteiger partial charge in [0.15, 0.2) is 6.61 Å². The summed E-state index contributed by atoms with van der Waals surface area (Å²) in [5, 5.41) is 8.84. The number of esters is 1. The molecule has 0 fully saturated rings. The first-order valence-electron chi connectivity index (χ1n) is 6.77. The quantitative estimate of drug-likeness (QED) is 0.628. The zero-order valence-corrected chi connectivity index (χ0v) is 12.1. The molecule has 1 amide bonds. The topological polar surface area (TPSA) is 70.4 Å². The van der Waals surface area contributed by atoms with E-state index in [4.69, 9.17) is 10.00 Å². The zero-order valence-electron chi connectivity index (χ0n) is 12.1. The summed E-state index contributed by atoms with van der Waals surface area (Å²) in [6.07, 6.45) is 0. The SMILES string of the molecule is N#CCN(C(=O)COC(=O)c1ccccc1F)c1ccccc1. The van der Waals surface area contributed by atoms with Crippen molar-refractivity contribution in [2.45, 2.75) is 0 Å². The summed E-state index contributed by atoms with van der Waals surface area (Å²) in [7, 11) is 0. The highest BCUT2D eigenvalue weighted by molar-refractivity contribution is 5.97. The lowest BCUT2D eigenvalue weighted by Crippen LogP contribution is -2.35. The predicted octanol–water partition coefficient (Wildman–Crippen LogP) is 2.54. The minimum absolute atomic E-state index is 0.180. The Morgan fingerprint density at radius 2 is 1.74 bits per heavy atom. The molecular formula is C17H13FN2O3. The number of para-hydroxylation sites is 1. The molecule has 2 rings (SSSR count). The van der Waals surface area contributed by atoms with E-state index in [1.165, 1.54) is 23.1 Å². The smallest absolute Gasteiger partial charge is 0.341 e. The Morgan fingerprint density at radius 1 is 1.09 bits per heavy atom. The summed E-state index contributed by atoms with van der Waals surface area (Å²) in [6, 6.07) is 15.8. The third kappa shape index (κ3) is 4.14. The molecule has 0 N–H and O–H groups in total. The van der Waals surface area contributed by atoms with Gasteiger partial charge in [-0.25, -0.2) is 9.18 Å². The molecule has 0 spiro atoms. The maximum Gasteiger partial charge on any atom is 0.341 e. The first-order valence-corrected chi connectivity index (χ1v) is 6.77. The van der Waals surface area contributed by atoms with Gasteiger partial charge in [-0.05, 0) is 24.3 Å². The van der Waals surface area contributed by atoms with Gasteiger partial charge in [0.1, 0.15) is 12.4 Å². The highest BCUT2D eigenvalue weighted by atomic mass is 19.1. The molecule has 0 bridgehead atoms. The molecule has 0 aromatic heterocycles. The van der Waals surface area contributed by atoms with Gasteiger partial charge in [-0.3, -0.25) is 9.69 Å². The Labute approximate surface area is 132 Å². The van der Waals surface area contributed by atoms with Crippen molar-refractivity contribution in [1.82, 2.24) is 0 Å². The lowest BCUT2D eigenvalue weighted by atomic mass is 10.2. The number of anilines is 1. The Bertz CT molecular complexity index is 741. The highest BCUT2D eigenvalue weighted by Crippen LogP contribution is 2.14. The van der Waals surface area contributed by atoms with Crippen molar-refractivity contribution in [3.63, 3.8) is 0 Å². The Hall–Kier alpha value is -3.20. The first kappa shape index (κ1) is 16.2. The number of ether oxygens (including phenoxy) is 1. The number of rotatable bonds is 5. The third-order valence-electron chi connectivity index (χ3n) is 3.02. The number of nitrogens with zero attached hydrogens (tertiary/aromatic N) is 2. The zero-order chi connectivity index (χ0) is 16.7. The van der Waals surface area contributed by atoms with E-state index >= 15 is 0 Å². The number of benzene rings is 2. The maximum absolute atomic E-state index is 13.5. The van der Waals surface area contributed by atoms with Crippen molar-refractivity contribution in [3.05, 3.63) is 66.0 Å². The first-order chi connectivity index (χ1) is 11.1. The molecule has 0 atom stereocenters. The standard InChI is InChI=1S/C17H13FN2O3/c18-15-9-5-4-8-14(15)17(22)23-12-16(21)20(11-10-19)13-6-2-1-3-7-13/h1-9H,11-12H2. The molecule has 0 heterocycles. The molecule has 2 aromatic carbocycles. The van der Waals surface area contributed by atoms with E-state index in [1.54, 1.807) is 30.3 Å². The van der Waals surface area contributed by atoms with E-state index in [0.717, 1.165) is 6.07 Å². The van der Waals surface area contributed by atoms with Crippen LogP contribution >= 0.6 is 0 Å². The highest BCUT2D eigenvalue weighted by Gasteiger charge is 2.19. The number of carbonyl (C=O) groups is 2. The molecule has 5 nitrogen and oxygen atoms in total. The molecule has 0 unspecified atom stereocenters. The molecule has 0 aliphatic heterocycles. The molecule has 0 saturated heterocycles. The van der Waals surface area contributed by atoms with Gasteiger partial charge in [-0.1, -0.05) is 30.3 Å². The van der Waals surface area contributed by atoms with E-state index in [0.29, 0.717) is 5.69 Å². The maximum atomic E-state index is 13.5. The van der Waals surface area contributed by atoms with Crippen LogP contribution in [-0.4, -0.2) is 25.0 Å². The van der Waals surface area contributed by atoms with Crippen LogP contribution in [0.15, 0.2) is 54.6 Å². The fraction of sp³-hybridized carbons (Fsp3) is 0.118. The predicted molar refractivity (Wildman–Crippen MR) is 81.1 cm³/mol. The molecule has 2 aromatic rings. The normalized spacial score (nSPS) is 9.74. The summed E-state index contributed by atoms with van der Waals surface area (Å²) in [4.78, 5) is 25.1. The van der Waals surface area contributed by atoms with Crippen molar-refractivity contribution < 1.29 is 18.7 Å². The Morgan fingerprint density at radius 3 is 2.39 bits per heavy atom. The van der Waals surface area contributed by atoms with E-state index < -0.39 is 24.3 Å². The van der Waals surface area contributed by atoms with Crippen LogP contribution in [-0.2, 0) is 9.53 Å². The van der Waals surface area contributed by atoms with Gasteiger partial charge >= 0.3 is 5.97 Å². The minimum Gasteiger partial charge on any atom is -0.452 e. The van der Waals surface area contributed by atoms with Gasteiger partial charge in [0.25, 0.3) is 5.91 Å². The number of carbonyl (C=O) groups excluding carboxylic acids is 2. The van der Waals surface area contributed by atoms with Crippen molar-refractivity contribution >= 4 is 17.6 Å². The molecule has 0 saturated carbocycles. The lowest BCUT2D eigenvalue weighted by Gasteiger charge is -2.19. The molecule has 0 aliphatic carbocycles. The number of hydrogen-bond acceptors (Lipinski definition) is 4. The Balaban J connectivity index is 2.04. The van der Waals surface area contributed by atoms with Crippen molar-refractivity contribution in [2.24, 2.45) is 0 Å². The van der Waals surface area contributed by atoms with Crippen molar-refractivity contribution in [1.29, 1.82) is 5.26 Å². The summed E-state index contributed by atoms with van der Waals surface area (Å²) in [6.45, 7) is -0.760. The largest absolute Gasteiger partial charge is 0.452 e. The van der Waals surface area contributed by atoms with Gasteiger partial charge in [0.2, 0.25) is 0 Å². The monoisotopic (exact) mass is 312 g/mol. The van der Waals surface area contributed by atoms with Crippen LogP contribution in [0.4, 0.5) is 10.1 Å². The summed E-state index contributed by atoms with van der Waals surface area (Å²) >= 11 is 0. The van der Waals surface area contributed by atoms with Crippen LogP contribution in [0, 0.1) is 17.1 Å². The van der Waals surface area contributed by atoms with Gasteiger partial charge in [-0.2, -0.15) is 5.26 Å². The number of nitriles is 1. The molecule has 0 aliphatic rings. The lowest BCUT2D eigenvalue weighted by molar-refractivity contribution is -0.121. The average molecular weight is 312 g/mol. The number of amides is 1. The summed E-state index contributed by atoms with van der Waals surface area (Å²) in [5.41, 5.74) is 0.271. The van der Waals surface area contributed by atoms with E-state index in [9.17, 15) is 14.0 Å². The second-order valence-corrected chi connectivity index (χ2v) is 4.53. The van der Waals surface area contributed by atoms with Crippen LogP contribution in [0.25, 0.3) is 0 Å². The van der Waals surface area contributed by atoms with Crippen molar-refractivity contribution in [3.8, 4) is 6.07 Å². The molecule has 6 heteroatoms. The third-order valence-corrected chi connectivity index (χ3v) is 3.02. The Kier molecular flexibility index (Phi) is 5.42. The molecule has 0 radical (unpaired) electrons. The fourth-order valence-corrected chi connectivity index (χ4v) is 1.91. The van der Waals surface area contributed by atoms with Crippen LogP contribution < -0.4 is 4.90 Å². The number of halogens is 1. The van der Waals surface area contributed by atoms with E-state index in [1.807, 2.05) is 6.07 Å². The van der Waals surface area contributed by atoms with Crippen molar-refractivity contribution in [2.75, 3.05) is 18.1 Å². The minimum atomic E-state index is -0.929. The van der Waals surface area contributed by atoms with Crippen LogP contribution in [0.2, 0.25) is 0 Å². The van der Waals surface area contributed by atoms with Gasteiger partial charge in [0, 0.05) is 5.69 Å². The van der Waals surface area contributed by atoms with E-state index in [-0.39, 0.29) is 12.1 Å². The van der Waals surface area contributed by atoms with Crippen LogP contribution in [0.3, 0.4) is 0 Å². The second kappa shape index (κ2) is 7.71. The molecular weight excluding hydrogens is 299 g/mol. The van der Waals surface area contributed by atoms with E-state index in [2.05, 4.69) is 0 Å². The van der Waals surface area contributed by atoms with Crippen LogP contribution in [0.1, 0.15) is 10.4 Å². The molecule has 23 heavy (non-hydrogen) atoms. The summed E-state index contributed by atoms with van der Waals surface area (Å²) in [5.74, 6) is -2.22. The van der Waals surface area contributed by atoms with Gasteiger partial charge in [0.05, 0.1) is 11.6 Å². The van der Waals surface area contributed by atoms with Crippen LogP contribution in [0.5, 0.6) is 0 Å².